The van der Waals surface area contributed by atoms with Crippen LogP contribution in [-0.4, -0.2) is 72.2 Å². The zero-order valence-corrected chi connectivity index (χ0v) is 38.7. The molecule has 2 fully saturated rings. The Labute approximate surface area is 382 Å². The van der Waals surface area contributed by atoms with Gasteiger partial charge in [0.05, 0.1) is 25.0 Å². The van der Waals surface area contributed by atoms with Crippen LogP contribution in [0.3, 0.4) is 0 Å². The second-order valence-electron chi connectivity index (χ2n) is 18.2. The van der Waals surface area contributed by atoms with Crippen LogP contribution in [0.25, 0.3) is 0 Å². The molecule has 7 N–H and O–H groups in total. The second-order valence-corrected chi connectivity index (χ2v) is 18.2. The van der Waals surface area contributed by atoms with Gasteiger partial charge in [0.25, 0.3) is 0 Å². The third kappa shape index (κ3) is 18.3. The number of ether oxygens (including phenoxy) is 4. The molecule has 0 aromatic heterocycles. The van der Waals surface area contributed by atoms with Crippen molar-refractivity contribution in [2.45, 2.75) is 167 Å². The van der Waals surface area contributed by atoms with Crippen molar-refractivity contribution in [3.05, 3.63) is 83.0 Å². The molecule has 0 heterocycles. The summed E-state index contributed by atoms with van der Waals surface area (Å²) in [5.41, 5.74) is 16.0. The molecule has 6 rings (SSSR count). The van der Waals surface area contributed by atoms with Crippen molar-refractivity contribution in [2.75, 3.05) is 33.0 Å². The Morgan fingerprint density at radius 2 is 1.16 bits per heavy atom. The van der Waals surface area contributed by atoms with Gasteiger partial charge >= 0.3 is 17.9 Å². The van der Waals surface area contributed by atoms with Crippen LogP contribution >= 0.6 is 0 Å². The molecule has 0 aliphatic heterocycles. The standard InChI is InChI=1S/2C23H32O4.C6H14N2O2/c2*1-2-26-21(15-22(24)25)19-8-10-20(11-9-19)27-17-18-7-6-14-23(16-18)12-4-3-5-13-23;7-4-2-1-3-5(8)6(9)10/h8-11,16,21H,2-7,12-15,17H2,1H3,(H,24,25);7-11,21H,2-6,12-17H2,1H3,(H,24,25);5H,1-4,7-8H2,(H,9,10)/t;;5-/m..0/s1. The first-order valence-electron chi connectivity index (χ1n) is 24.1. The van der Waals surface area contributed by atoms with Gasteiger partial charge in [-0.05, 0) is 155 Å². The summed E-state index contributed by atoms with van der Waals surface area (Å²) in [6.45, 7) is 6.66. The number of carboxylic acids is 3. The first-order valence-corrected chi connectivity index (χ1v) is 24.1. The maximum absolute atomic E-state index is 11.0. The van der Waals surface area contributed by atoms with Gasteiger partial charge in [-0.15, -0.1) is 0 Å². The fraction of sp³-hybridized carbons (Fsp3) is 0.635. The number of rotatable bonds is 21. The van der Waals surface area contributed by atoms with Gasteiger partial charge in [-0.3, -0.25) is 14.4 Å². The highest BCUT2D eigenvalue weighted by Gasteiger charge is 2.35. The molecule has 3 atom stereocenters. The minimum Gasteiger partial charge on any atom is -0.489 e. The molecule has 2 spiro atoms. The van der Waals surface area contributed by atoms with Crippen LogP contribution in [0.2, 0.25) is 0 Å². The lowest BCUT2D eigenvalue weighted by Crippen LogP contribution is -2.29. The van der Waals surface area contributed by atoms with Crippen LogP contribution in [0.1, 0.15) is 172 Å². The van der Waals surface area contributed by atoms with Gasteiger partial charge in [0.15, 0.2) is 0 Å². The normalized spacial score (nSPS) is 19.0. The fourth-order valence-corrected chi connectivity index (χ4v) is 9.88. The lowest BCUT2D eigenvalue weighted by atomic mass is 9.65. The molecule has 0 radical (unpaired) electrons. The minimum absolute atomic E-state index is 0.0248. The monoisotopic (exact) mass is 891 g/mol. The zero-order valence-electron chi connectivity index (χ0n) is 38.7. The summed E-state index contributed by atoms with van der Waals surface area (Å²) in [6.07, 6.45) is 27.4. The first kappa shape index (κ1) is 52.4. The number of aliphatic carboxylic acids is 3. The fourth-order valence-electron chi connectivity index (χ4n) is 9.88. The SMILES string of the molecule is CCOC(CC(=O)O)c1ccc(OCC2=CC3(CCCCC3)CCC2)cc1.CCOC(CC(=O)O)c1ccc(OCC2=CCCC3(CCCCC3)C2)cc1.NCCCC[C@H](N)C(=O)O. The van der Waals surface area contributed by atoms with E-state index < -0.39 is 36.2 Å². The molecule has 2 aromatic carbocycles. The number of carbonyl (C=O) groups is 3. The number of unbranched alkanes of at least 4 members (excludes halogenated alkanes) is 1. The third-order valence-electron chi connectivity index (χ3n) is 13.3. The predicted molar refractivity (Wildman–Crippen MR) is 251 cm³/mol. The lowest BCUT2D eigenvalue weighted by Gasteiger charge is -2.40. The topological polar surface area (TPSA) is 201 Å². The van der Waals surface area contributed by atoms with Crippen molar-refractivity contribution in [1.82, 2.24) is 0 Å². The molecule has 2 aromatic rings. The predicted octanol–water partition coefficient (Wildman–Crippen LogP) is 10.9. The Morgan fingerprint density at radius 1 is 0.656 bits per heavy atom. The molecule has 64 heavy (non-hydrogen) atoms. The summed E-state index contributed by atoms with van der Waals surface area (Å²) in [5.74, 6) is -0.983. The van der Waals surface area contributed by atoms with Gasteiger partial charge in [-0.1, -0.05) is 81.4 Å². The Bertz CT molecular complexity index is 1750. The van der Waals surface area contributed by atoms with E-state index in [1.165, 1.54) is 107 Å². The molecule has 2 saturated carbocycles. The van der Waals surface area contributed by atoms with Crippen LogP contribution in [0.5, 0.6) is 11.5 Å². The Balaban J connectivity index is 0.000000232. The van der Waals surface area contributed by atoms with Crippen LogP contribution < -0.4 is 20.9 Å². The van der Waals surface area contributed by atoms with E-state index in [1.54, 1.807) is 0 Å². The van der Waals surface area contributed by atoms with Gasteiger partial charge in [0.2, 0.25) is 0 Å². The summed E-state index contributed by atoms with van der Waals surface area (Å²) in [6, 6.07) is 14.6. The molecule has 0 bridgehead atoms. The van der Waals surface area contributed by atoms with Gasteiger partial charge in [-0.25, -0.2) is 0 Å². The number of hydrogen-bond donors (Lipinski definition) is 5. The van der Waals surface area contributed by atoms with E-state index in [4.69, 9.17) is 45.7 Å². The third-order valence-corrected chi connectivity index (χ3v) is 13.3. The van der Waals surface area contributed by atoms with Crippen LogP contribution in [0.15, 0.2) is 71.8 Å². The number of nitrogens with two attached hydrogens (primary N) is 2. The number of benzene rings is 2. The van der Waals surface area contributed by atoms with Gasteiger partial charge in [0, 0.05) is 13.2 Å². The first-order chi connectivity index (χ1) is 30.9. The molecule has 12 nitrogen and oxygen atoms in total. The van der Waals surface area contributed by atoms with Crippen molar-refractivity contribution in [3.63, 3.8) is 0 Å². The summed E-state index contributed by atoms with van der Waals surface area (Å²) in [7, 11) is 0. The summed E-state index contributed by atoms with van der Waals surface area (Å²) < 4.78 is 23.2. The molecule has 4 aliphatic rings. The summed E-state index contributed by atoms with van der Waals surface area (Å²) >= 11 is 0. The van der Waals surface area contributed by atoms with E-state index in [0.717, 1.165) is 41.9 Å². The van der Waals surface area contributed by atoms with E-state index in [1.807, 2.05) is 62.4 Å². The minimum atomic E-state index is -0.933. The van der Waals surface area contributed by atoms with Crippen LogP contribution in [0, 0.1) is 10.8 Å². The van der Waals surface area contributed by atoms with E-state index in [2.05, 4.69) is 12.2 Å². The molecule has 2 unspecified atom stereocenters. The summed E-state index contributed by atoms with van der Waals surface area (Å²) in [5, 5.41) is 26.4. The zero-order chi connectivity index (χ0) is 46.2. The average Bonchev–Trinajstić information content (AvgIpc) is 3.28. The molecule has 4 aliphatic carbocycles. The molecule has 0 amide bonds. The lowest BCUT2D eigenvalue weighted by molar-refractivity contribution is -0.141. The van der Waals surface area contributed by atoms with Crippen molar-refractivity contribution in [1.29, 1.82) is 0 Å². The number of allylic oxidation sites excluding steroid dienone is 2. The molecular formula is C52H78N2O10. The highest BCUT2D eigenvalue weighted by molar-refractivity contribution is 5.73. The highest BCUT2D eigenvalue weighted by Crippen LogP contribution is 2.48. The Hall–Kier alpha value is -4.23. The van der Waals surface area contributed by atoms with Crippen LogP contribution in [0.4, 0.5) is 0 Å². The molecular weight excluding hydrogens is 813 g/mol. The second kappa shape index (κ2) is 28.0. The highest BCUT2D eigenvalue weighted by atomic mass is 16.5. The molecule has 356 valence electrons. The van der Waals surface area contributed by atoms with E-state index in [-0.39, 0.29) is 12.8 Å². The van der Waals surface area contributed by atoms with E-state index in [0.29, 0.717) is 50.2 Å². The molecule has 0 saturated heterocycles. The quantitative estimate of drug-likeness (QED) is 0.0587. The van der Waals surface area contributed by atoms with Crippen molar-refractivity contribution in [3.8, 4) is 11.5 Å². The van der Waals surface area contributed by atoms with Crippen molar-refractivity contribution < 1.29 is 48.7 Å². The molecule has 12 heteroatoms. The van der Waals surface area contributed by atoms with Crippen molar-refractivity contribution in [2.24, 2.45) is 22.3 Å². The van der Waals surface area contributed by atoms with Gasteiger partial charge < -0.3 is 45.7 Å². The average molecular weight is 891 g/mol. The Kier molecular flexibility index (Phi) is 22.9. The van der Waals surface area contributed by atoms with E-state index in [9.17, 15) is 14.4 Å². The number of carboxylic acid groups (broad SMARTS) is 3. The van der Waals surface area contributed by atoms with Crippen molar-refractivity contribution >= 4 is 17.9 Å². The summed E-state index contributed by atoms with van der Waals surface area (Å²) in [4.78, 5) is 32.2. The maximum atomic E-state index is 11.0. The van der Waals surface area contributed by atoms with E-state index >= 15 is 0 Å². The largest absolute Gasteiger partial charge is 0.489 e. The van der Waals surface area contributed by atoms with Gasteiger partial charge in [0.1, 0.15) is 30.8 Å². The Morgan fingerprint density at radius 3 is 1.64 bits per heavy atom. The smallest absolute Gasteiger partial charge is 0.320 e. The number of hydrogen-bond acceptors (Lipinski definition) is 9. The van der Waals surface area contributed by atoms with Crippen LogP contribution in [-0.2, 0) is 23.9 Å². The maximum Gasteiger partial charge on any atom is 0.320 e. The van der Waals surface area contributed by atoms with Gasteiger partial charge in [-0.2, -0.15) is 0 Å².